The molecule has 1 aromatic rings. The molecule has 1 heterocycles. The van der Waals surface area contributed by atoms with Gasteiger partial charge in [0.25, 0.3) is 0 Å². The van der Waals surface area contributed by atoms with Crippen LogP contribution in [0.15, 0.2) is 12.4 Å². The van der Waals surface area contributed by atoms with Crippen LogP contribution in [-0.2, 0) is 10.5 Å². The molecule has 8 heteroatoms. The lowest BCUT2D eigenvalue weighted by Crippen LogP contribution is -2.32. The second-order valence-corrected chi connectivity index (χ2v) is 4.02. The van der Waals surface area contributed by atoms with E-state index in [-0.39, 0.29) is 17.3 Å². The minimum Gasteiger partial charge on any atom is -0.480 e. The fourth-order valence-corrected chi connectivity index (χ4v) is 1.90. The van der Waals surface area contributed by atoms with Crippen molar-refractivity contribution in [2.75, 3.05) is 5.75 Å². The third-order valence-electron chi connectivity index (χ3n) is 1.80. The lowest BCUT2D eigenvalue weighted by atomic mass is 10.4. The van der Waals surface area contributed by atoms with Crippen LogP contribution in [0, 0.1) is 0 Å². The van der Waals surface area contributed by atoms with Crippen LogP contribution in [0.2, 0.25) is 0 Å². The van der Waals surface area contributed by atoms with Crippen LogP contribution in [0.5, 0.6) is 0 Å². The first kappa shape index (κ1) is 12.9. The third-order valence-corrected chi connectivity index (χ3v) is 2.86. The van der Waals surface area contributed by atoms with Crippen molar-refractivity contribution in [2.24, 2.45) is 5.73 Å². The summed E-state index contributed by atoms with van der Waals surface area (Å²) < 4.78 is 25.5. The van der Waals surface area contributed by atoms with Crippen LogP contribution >= 0.6 is 11.8 Å². The van der Waals surface area contributed by atoms with Gasteiger partial charge in [-0.15, -0.1) is 0 Å². The predicted octanol–water partition coefficient (Wildman–Crippen LogP) is 0.923. The molecule has 0 bridgehead atoms. The molecule has 0 spiro atoms. The average molecular weight is 251 g/mol. The highest BCUT2D eigenvalue weighted by molar-refractivity contribution is 7.98. The number of aliphatic carboxylic acids is 1. The van der Waals surface area contributed by atoms with Gasteiger partial charge < -0.3 is 10.8 Å². The fourth-order valence-electron chi connectivity index (χ4n) is 0.982. The van der Waals surface area contributed by atoms with E-state index in [0.29, 0.717) is 0 Å². The highest BCUT2D eigenvalue weighted by Gasteiger charge is 2.14. The number of hydrogen-bond acceptors (Lipinski definition) is 4. The van der Waals surface area contributed by atoms with E-state index in [0.717, 1.165) is 16.3 Å². The second kappa shape index (κ2) is 5.80. The molecule has 1 aromatic heterocycles. The van der Waals surface area contributed by atoms with Crippen LogP contribution in [-0.4, -0.2) is 32.4 Å². The molecule has 0 saturated carbocycles. The molecule has 1 rings (SSSR count). The van der Waals surface area contributed by atoms with Gasteiger partial charge in [-0.3, -0.25) is 9.36 Å². The number of imidazole rings is 1. The molecule has 0 aliphatic rings. The molecule has 0 saturated heterocycles. The maximum Gasteiger partial charge on any atom is 0.321 e. The van der Waals surface area contributed by atoms with Crippen molar-refractivity contribution in [3.63, 3.8) is 0 Å². The minimum atomic E-state index is -2.63. The Hall–Kier alpha value is -1.15. The largest absolute Gasteiger partial charge is 0.480 e. The summed E-state index contributed by atoms with van der Waals surface area (Å²) in [6.07, 6.45) is 2.46. The predicted molar refractivity (Wildman–Crippen MR) is 55.3 cm³/mol. The van der Waals surface area contributed by atoms with Crippen molar-refractivity contribution in [1.82, 2.24) is 9.55 Å². The second-order valence-electron chi connectivity index (χ2n) is 2.99. The van der Waals surface area contributed by atoms with Gasteiger partial charge in [0.15, 0.2) is 0 Å². The summed E-state index contributed by atoms with van der Waals surface area (Å²) in [5.41, 5.74) is 5.26. The monoisotopic (exact) mass is 251 g/mol. The number of rotatable bonds is 6. The lowest BCUT2D eigenvalue weighted by Gasteiger charge is -2.07. The zero-order valence-electron chi connectivity index (χ0n) is 8.22. The Morgan fingerprint density at radius 3 is 2.94 bits per heavy atom. The van der Waals surface area contributed by atoms with Gasteiger partial charge in [-0.1, -0.05) is 0 Å². The summed E-state index contributed by atoms with van der Waals surface area (Å²) in [6, 6.07) is -0.986. The number of hydrogen-bond donors (Lipinski definition) is 2. The summed E-state index contributed by atoms with van der Waals surface area (Å²) in [6.45, 7) is -2.63. The highest BCUT2D eigenvalue weighted by atomic mass is 32.2. The Morgan fingerprint density at radius 1 is 1.69 bits per heavy atom. The number of carboxylic acid groups (broad SMARTS) is 1. The van der Waals surface area contributed by atoms with Gasteiger partial charge in [-0.2, -0.15) is 20.5 Å². The zero-order valence-corrected chi connectivity index (χ0v) is 9.03. The molecule has 0 aromatic carbocycles. The van der Waals surface area contributed by atoms with E-state index in [4.69, 9.17) is 10.8 Å². The van der Waals surface area contributed by atoms with E-state index in [1.165, 1.54) is 12.4 Å². The van der Waals surface area contributed by atoms with Crippen molar-refractivity contribution in [2.45, 2.75) is 18.3 Å². The molecule has 90 valence electrons. The molecule has 0 aliphatic carbocycles. The summed E-state index contributed by atoms with van der Waals surface area (Å²) >= 11 is 1.16. The van der Waals surface area contributed by atoms with Crippen LogP contribution < -0.4 is 5.73 Å². The van der Waals surface area contributed by atoms with E-state index in [9.17, 15) is 13.6 Å². The first-order chi connectivity index (χ1) is 7.52. The standard InChI is InChI=1S/C8H11F2N3O2S/c9-8(10)13-2-1-12-6(13)4-16-3-5(11)7(14)15/h1-2,5,8H,3-4,11H2,(H,14,15)/t5-/m0/s1. The molecule has 0 unspecified atom stereocenters. The maximum absolute atomic E-state index is 12.4. The topological polar surface area (TPSA) is 81.1 Å². The molecule has 16 heavy (non-hydrogen) atoms. The molecule has 0 amide bonds. The molecule has 0 aliphatic heterocycles. The molecule has 0 radical (unpaired) electrons. The average Bonchev–Trinajstić information content (AvgIpc) is 2.65. The molecular formula is C8H11F2N3O2S. The number of aromatic nitrogens is 2. The Balaban J connectivity index is 2.43. The highest BCUT2D eigenvalue weighted by Crippen LogP contribution is 2.17. The number of carbonyl (C=O) groups is 1. The fraction of sp³-hybridized carbons (Fsp3) is 0.500. The summed E-state index contributed by atoms with van der Waals surface area (Å²) in [5, 5.41) is 8.50. The van der Waals surface area contributed by atoms with Crippen LogP contribution in [0.3, 0.4) is 0 Å². The number of carboxylic acids is 1. The number of nitrogens with zero attached hydrogens (tertiary/aromatic N) is 2. The van der Waals surface area contributed by atoms with E-state index >= 15 is 0 Å². The quantitative estimate of drug-likeness (QED) is 0.785. The van der Waals surface area contributed by atoms with E-state index < -0.39 is 18.6 Å². The van der Waals surface area contributed by atoms with Gasteiger partial charge >= 0.3 is 12.5 Å². The number of halogens is 2. The normalized spacial score (nSPS) is 13.0. The Morgan fingerprint density at radius 2 is 2.38 bits per heavy atom. The minimum absolute atomic E-state index is 0.158. The lowest BCUT2D eigenvalue weighted by molar-refractivity contribution is -0.137. The van der Waals surface area contributed by atoms with Crippen molar-refractivity contribution in [3.05, 3.63) is 18.2 Å². The van der Waals surface area contributed by atoms with E-state index in [1.54, 1.807) is 0 Å². The number of alkyl halides is 2. The number of nitrogens with two attached hydrogens (primary N) is 1. The van der Waals surface area contributed by atoms with Crippen molar-refractivity contribution in [1.29, 1.82) is 0 Å². The van der Waals surface area contributed by atoms with Crippen LogP contribution in [0.1, 0.15) is 12.4 Å². The molecule has 1 atom stereocenters. The van der Waals surface area contributed by atoms with E-state index in [1.807, 2.05) is 0 Å². The van der Waals surface area contributed by atoms with Crippen molar-refractivity contribution in [3.8, 4) is 0 Å². The smallest absolute Gasteiger partial charge is 0.321 e. The number of thioether (sulfide) groups is 1. The van der Waals surface area contributed by atoms with Crippen molar-refractivity contribution < 1.29 is 18.7 Å². The SMILES string of the molecule is N[C@@H](CSCc1nccn1C(F)F)C(=O)O. The molecular weight excluding hydrogens is 240 g/mol. The zero-order chi connectivity index (χ0) is 12.1. The summed E-state index contributed by atoms with van der Waals surface area (Å²) in [5.74, 6) is -0.536. The molecule has 5 nitrogen and oxygen atoms in total. The van der Waals surface area contributed by atoms with Crippen molar-refractivity contribution >= 4 is 17.7 Å². The van der Waals surface area contributed by atoms with E-state index in [2.05, 4.69) is 4.98 Å². The van der Waals surface area contributed by atoms with Gasteiger partial charge in [-0.25, -0.2) is 4.98 Å². The Kier molecular flexibility index (Phi) is 4.69. The van der Waals surface area contributed by atoms with Crippen LogP contribution in [0.25, 0.3) is 0 Å². The summed E-state index contributed by atoms with van der Waals surface area (Å²) in [7, 11) is 0. The van der Waals surface area contributed by atoms with Crippen LogP contribution in [0.4, 0.5) is 8.78 Å². The van der Waals surface area contributed by atoms with Gasteiger partial charge in [0.05, 0.1) is 5.75 Å². The Labute approximate surface area is 94.6 Å². The van der Waals surface area contributed by atoms with Gasteiger partial charge in [0, 0.05) is 18.1 Å². The molecule has 0 fully saturated rings. The Bertz CT molecular complexity index is 359. The third kappa shape index (κ3) is 3.46. The first-order valence-corrected chi connectivity index (χ1v) is 5.54. The van der Waals surface area contributed by atoms with Gasteiger partial charge in [0.2, 0.25) is 0 Å². The maximum atomic E-state index is 12.4. The molecule has 3 N–H and O–H groups in total. The summed E-state index contributed by atoms with van der Waals surface area (Å²) in [4.78, 5) is 14.1. The van der Waals surface area contributed by atoms with Gasteiger partial charge in [0.1, 0.15) is 11.9 Å². The first-order valence-electron chi connectivity index (χ1n) is 4.38. The van der Waals surface area contributed by atoms with Gasteiger partial charge in [-0.05, 0) is 0 Å².